The number of benzene rings is 2. The zero-order valence-corrected chi connectivity index (χ0v) is 16.2. The molecular weight excluding hydrogens is 316 g/mol. The maximum absolute atomic E-state index is 10.1. The van der Waals surface area contributed by atoms with Crippen LogP contribution in [0.25, 0.3) is 0 Å². The van der Waals surface area contributed by atoms with E-state index in [1.807, 2.05) is 43.3 Å². The van der Waals surface area contributed by atoms with Crippen LogP contribution in [-0.2, 0) is 9.16 Å². The van der Waals surface area contributed by atoms with Crippen LogP contribution in [0.15, 0.2) is 60.7 Å². The molecule has 0 aromatic heterocycles. The lowest BCUT2D eigenvalue weighted by molar-refractivity contribution is -0.132. The number of aliphatic hydroxyl groups excluding tert-OH is 1. The lowest BCUT2D eigenvalue weighted by Crippen LogP contribution is -2.68. The molecule has 0 fully saturated rings. The van der Waals surface area contributed by atoms with E-state index in [2.05, 4.69) is 45.0 Å². The van der Waals surface area contributed by atoms with Crippen molar-refractivity contribution in [2.75, 3.05) is 7.11 Å². The number of methoxy groups -OCH3 is 1. The molecule has 0 spiro atoms. The Labute approximate surface area is 146 Å². The van der Waals surface area contributed by atoms with Gasteiger partial charge in [0.25, 0.3) is 8.32 Å². The molecule has 24 heavy (non-hydrogen) atoms. The maximum atomic E-state index is 10.1. The Bertz CT molecular complexity index is 583. The van der Waals surface area contributed by atoms with Crippen LogP contribution in [0.5, 0.6) is 0 Å². The maximum Gasteiger partial charge on any atom is 0.261 e. The van der Waals surface area contributed by atoms with Gasteiger partial charge in [0.15, 0.2) is 6.29 Å². The van der Waals surface area contributed by atoms with Crippen LogP contribution in [0.1, 0.15) is 27.7 Å². The molecule has 0 aliphatic rings. The van der Waals surface area contributed by atoms with Crippen LogP contribution in [0.2, 0.25) is 5.04 Å². The van der Waals surface area contributed by atoms with E-state index < -0.39 is 20.7 Å². The van der Waals surface area contributed by atoms with Gasteiger partial charge in [0, 0.05) is 7.11 Å². The van der Waals surface area contributed by atoms with Gasteiger partial charge in [-0.05, 0) is 22.3 Å². The van der Waals surface area contributed by atoms with Crippen LogP contribution < -0.4 is 10.4 Å². The van der Waals surface area contributed by atoms with Crippen LogP contribution in [0.4, 0.5) is 0 Å². The van der Waals surface area contributed by atoms with Crippen molar-refractivity contribution in [3.05, 3.63) is 60.7 Å². The highest BCUT2D eigenvalue weighted by Crippen LogP contribution is 2.37. The van der Waals surface area contributed by atoms with Crippen LogP contribution >= 0.6 is 0 Å². The number of aliphatic hydroxyl groups is 1. The summed E-state index contributed by atoms with van der Waals surface area (Å²) in [4.78, 5) is 0. The van der Waals surface area contributed by atoms with Crippen molar-refractivity contribution in [2.24, 2.45) is 0 Å². The summed E-state index contributed by atoms with van der Waals surface area (Å²) < 4.78 is 11.8. The average Bonchev–Trinajstić information content (AvgIpc) is 2.59. The molecule has 2 atom stereocenters. The number of rotatable bonds is 6. The fourth-order valence-electron chi connectivity index (χ4n) is 3.22. The van der Waals surface area contributed by atoms with E-state index in [0.717, 1.165) is 0 Å². The van der Waals surface area contributed by atoms with Gasteiger partial charge in [-0.1, -0.05) is 81.4 Å². The van der Waals surface area contributed by atoms with Crippen molar-refractivity contribution < 1.29 is 14.3 Å². The summed E-state index contributed by atoms with van der Waals surface area (Å²) >= 11 is 0. The van der Waals surface area contributed by atoms with Crippen LogP contribution in [0.3, 0.4) is 0 Å². The highest BCUT2D eigenvalue weighted by atomic mass is 28.4. The average molecular weight is 345 g/mol. The zero-order valence-electron chi connectivity index (χ0n) is 15.2. The van der Waals surface area contributed by atoms with Gasteiger partial charge in [-0.2, -0.15) is 0 Å². The van der Waals surface area contributed by atoms with Gasteiger partial charge < -0.3 is 14.3 Å². The summed E-state index contributed by atoms with van der Waals surface area (Å²) in [6.07, 6.45) is -1.38. The second kappa shape index (κ2) is 7.62. The smallest absolute Gasteiger partial charge is 0.261 e. The van der Waals surface area contributed by atoms with Gasteiger partial charge in [0.1, 0.15) is 0 Å². The summed E-state index contributed by atoms with van der Waals surface area (Å²) in [6, 6.07) is 20.8. The standard InChI is InChI=1S/C20H28O3Si/c1-16(19(21)22-5)23-24(20(2,3)4,17-12-8-6-9-13-17)18-14-10-7-11-15-18/h6-16,19,21H,1-5H3/t16-,19?/m0/s1. The molecule has 3 nitrogen and oxygen atoms in total. The van der Waals surface area contributed by atoms with Crippen molar-refractivity contribution in [3.63, 3.8) is 0 Å². The van der Waals surface area contributed by atoms with E-state index in [1.54, 1.807) is 0 Å². The molecule has 1 unspecified atom stereocenters. The van der Waals surface area contributed by atoms with Gasteiger partial charge in [-0.25, -0.2) is 0 Å². The molecule has 2 aromatic rings. The van der Waals surface area contributed by atoms with Crippen molar-refractivity contribution in [2.45, 2.75) is 45.1 Å². The van der Waals surface area contributed by atoms with Crippen LogP contribution in [-0.4, -0.2) is 32.9 Å². The first-order chi connectivity index (χ1) is 11.3. The predicted octanol–water partition coefficient (Wildman–Crippen LogP) is 2.92. The summed E-state index contributed by atoms with van der Waals surface area (Å²) in [7, 11) is -1.14. The Kier molecular flexibility index (Phi) is 5.99. The van der Waals surface area contributed by atoms with Gasteiger partial charge in [0.2, 0.25) is 0 Å². The lowest BCUT2D eigenvalue weighted by Gasteiger charge is -2.45. The SMILES string of the molecule is COC(O)[C@H](C)O[Si](c1ccccc1)(c1ccccc1)C(C)(C)C. The number of hydrogen-bond acceptors (Lipinski definition) is 3. The minimum absolute atomic E-state index is 0.114. The molecule has 0 radical (unpaired) electrons. The summed E-state index contributed by atoms with van der Waals surface area (Å²) in [5.74, 6) is 0. The molecule has 0 saturated heterocycles. The Morgan fingerprint density at radius 1 is 0.875 bits per heavy atom. The molecule has 0 aliphatic carbocycles. The van der Waals surface area contributed by atoms with Crippen molar-refractivity contribution in [1.82, 2.24) is 0 Å². The molecule has 130 valence electrons. The van der Waals surface area contributed by atoms with Gasteiger partial charge in [0.05, 0.1) is 6.10 Å². The highest BCUT2D eigenvalue weighted by Gasteiger charge is 2.51. The number of hydrogen-bond donors (Lipinski definition) is 1. The summed E-state index contributed by atoms with van der Waals surface area (Å²) in [5.41, 5.74) is 0. The monoisotopic (exact) mass is 344 g/mol. The lowest BCUT2D eigenvalue weighted by atomic mass is 10.2. The van der Waals surface area contributed by atoms with Gasteiger partial charge in [-0.15, -0.1) is 0 Å². The van der Waals surface area contributed by atoms with Gasteiger partial charge >= 0.3 is 0 Å². The Morgan fingerprint density at radius 3 is 1.62 bits per heavy atom. The minimum atomic E-state index is -2.63. The molecule has 0 heterocycles. The zero-order chi connectivity index (χ0) is 17.8. The normalized spacial score (nSPS) is 15.1. The van der Waals surface area contributed by atoms with E-state index in [0.29, 0.717) is 0 Å². The molecule has 0 bridgehead atoms. The molecule has 4 heteroatoms. The first-order valence-electron chi connectivity index (χ1n) is 8.32. The molecule has 2 rings (SSSR count). The Hall–Kier alpha value is -1.46. The third-order valence-corrected chi connectivity index (χ3v) is 9.55. The Morgan fingerprint density at radius 2 is 1.29 bits per heavy atom. The molecule has 0 aliphatic heterocycles. The van der Waals surface area contributed by atoms with Crippen molar-refractivity contribution >= 4 is 18.7 Å². The summed E-state index contributed by atoms with van der Waals surface area (Å²) in [5, 5.41) is 12.4. The molecule has 2 aromatic carbocycles. The third-order valence-electron chi connectivity index (χ3n) is 4.42. The van der Waals surface area contributed by atoms with Gasteiger partial charge in [-0.3, -0.25) is 0 Å². The first kappa shape index (κ1) is 18.9. The quantitative estimate of drug-likeness (QED) is 0.647. The topological polar surface area (TPSA) is 38.7 Å². The number of ether oxygens (including phenoxy) is 1. The van der Waals surface area contributed by atoms with E-state index in [-0.39, 0.29) is 5.04 Å². The molecule has 1 N–H and O–H groups in total. The Balaban J connectivity index is 2.66. The predicted molar refractivity (Wildman–Crippen MR) is 101 cm³/mol. The third kappa shape index (κ3) is 3.62. The van der Waals surface area contributed by atoms with E-state index in [4.69, 9.17) is 9.16 Å². The van der Waals surface area contributed by atoms with E-state index in [1.165, 1.54) is 17.5 Å². The van der Waals surface area contributed by atoms with Crippen molar-refractivity contribution in [3.8, 4) is 0 Å². The first-order valence-corrected chi connectivity index (χ1v) is 10.2. The van der Waals surface area contributed by atoms with Crippen LogP contribution in [0, 0.1) is 0 Å². The minimum Gasteiger partial charge on any atom is -0.400 e. The second-order valence-electron chi connectivity index (χ2n) is 7.11. The molecular formula is C20H28O3Si. The fraction of sp³-hybridized carbons (Fsp3) is 0.400. The van der Waals surface area contributed by atoms with E-state index >= 15 is 0 Å². The fourth-order valence-corrected chi connectivity index (χ4v) is 7.91. The second-order valence-corrected chi connectivity index (χ2v) is 11.4. The molecule has 0 saturated carbocycles. The highest BCUT2D eigenvalue weighted by molar-refractivity contribution is 6.99. The van der Waals surface area contributed by atoms with E-state index in [9.17, 15) is 5.11 Å². The summed E-state index contributed by atoms with van der Waals surface area (Å²) in [6.45, 7) is 8.51. The molecule has 0 amide bonds. The largest absolute Gasteiger partial charge is 0.400 e. The van der Waals surface area contributed by atoms with Crippen molar-refractivity contribution in [1.29, 1.82) is 0 Å².